The van der Waals surface area contributed by atoms with Crippen LogP contribution in [0.25, 0.3) is 0 Å². The van der Waals surface area contributed by atoms with E-state index in [2.05, 4.69) is 10.6 Å². The Labute approximate surface area is 81.5 Å². The van der Waals surface area contributed by atoms with Crippen LogP contribution >= 0.6 is 12.2 Å². The molecule has 0 amide bonds. The Balaban J connectivity index is 2.50. The van der Waals surface area contributed by atoms with Crippen molar-refractivity contribution < 1.29 is 14.6 Å². The van der Waals surface area contributed by atoms with E-state index in [1.54, 1.807) is 6.92 Å². The van der Waals surface area contributed by atoms with E-state index in [0.29, 0.717) is 18.3 Å². The molecule has 13 heavy (non-hydrogen) atoms. The summed E-state index contributed by atoms with van der Waals surface area (Å²) in [6.07, 6.45) is -0.951. The number of nitrogens with one attached hydrogen (secondary N) is 2. The van der Waals surface area contributed by atoms with Gasteiger partial charge in [-0.2, -0.15) is 0 Å². The first-order valence-electron chi connectivity index (χ1n) is 4.04. The molecule has 3 N–H and O–H groups in total. The van der Waals surface area contributed by atoms with Crippen molar-refractivity contribution in [3.8, 4) is 0 Å². The Bertz CT molecular complexity index is 222. The highest BCUT2D eigenvalue weighted by molar-refractivity contribution is 7.80. The third kappa shape index (κ3) is 2.53. The highest BCUT2D eigenvalue weighted by Gasteiger charge is 2.31. The molecule has 6 heteroatoms. The van der Waals surface area contributed by atoms with Crippen LogP contribution in [-0.4, -0.2) is 35.6 Å². The highest BCUT2D eigenvalue weighted by Crippen LogP contribution is 2.06. The summed E-state index contributed by atoms with van der Waals surface area (Å²) in [5, 5.41) is 15.1. The molecule has 0 aromatic carbocycles. The molecule has 5 nitrogen and oxygen atoms in total. The van der Waals surface area contributed by atoms with E-state index in [1.807, 2.05) is 0 Å². The Kier molecular flexibility index (Phi) is 3.44. The van der Waals surface area contributed by atoms with Crippen molar-refractivity contribution in [2.45, 2.75) is 13.2 Å². The number of carbonyl (C=O) groups is 1. The summed E-state index contributed by atoms with van der Waals surface area (Å²) in [6.45, 7) is 2.34. The van der Waals surface area contributed by atoms with Gasteiger partial charge in [0.05, 0.1) is 6.61 Å². The Morgan fingerprint density at radius 3 is 3.08 bits per heavy atom. The van der Waals surface area contributed by atoms with E-state index >= 15 is 0 Å². The SMILES string of the molecule is CCOC(=O)C1CNC(=S)NC1O. The number of ether oxygens (including phenoxy) is 1. The molecule has 0 aromatic rings. The summed E-state index contributed by atoms with van der Waals surface area (Å²) < 4.78 is 4.76. The van der Waals surface area contributed by atoms with Crippen LogP contribution in [0.3, 0.4) is 0 Å². The van der Waals surface area contributed by atoms with Gasteiger partial charge < -0.3 is 20.5 Å². The number of carbonyl (C=O) groups excluding carboxylic acids is 1. The van der Waals surface area contributed by atoms with Crippen molar-refractivity contribution in [1.29, 1.82) is 0 Å². The number of rotatable bonds is 2. The largest absolute Gasteiger partial charge is 0.466 e. The predicted octanol–water partition coefficient (Wildman–Crippen LogP) is -1.04. The van der Waals surface area contributed by atoms with Crippen LogP contribution in [0.5, 0.6) is 0 Å². The van der Waals surface area contributed by atoms with Gasteiger partial charge in [0.1, 0.15) is 12.1 Å². The minimum atomic E-state index is -0.951. The van der Waals surface area contributed by atoms with Gasteiger partial charge in [0.2, 0.25) is 0 Å². The zero-order chi connectivity index (χ0) is 9.84. The predicted molar refractivity (Wildman–Crippen MR) is 49.9 cm³/mol. The van der Waals surface area contributed by atoms with Gasteiger partial charge >= 0.3 is 5.97 Å². The molecule has 1 heterocycles. The molecule has 2 unspecified atom stereocenters. The van der Waals surface area contributed by atoms with Gasteiger partial charge in [0.15, 0.2) is 5.11 Å². The molecular weight excluding hydrogens is 192 g/mol. The zero-order valence-corrected chi connectivity index (χ0v) is 8.06. The molecule has 0 saturated carbocycles. The normalized spacial score (nSPS) is 27.4. The lowest BCUT2D eigenvalue weighted by Gasteiger charge is -2.29. The number of thiocarbonyl (C=S) groups is 1. The molecule has 0 bridgehead atoms. The van der Waals surface area contributed by atoms with E-state index in [9.17, 15) is 9.90 Å². The highest BCUT2D eigenvalue weighted by atomic mass is 32.1. The average Bonchev–Trinajstić information content (AvgIpc) is 2.04. The van der Waals surface area contributed by atoms with Gasteiger partial charge in [-0.05, 0) is 19.1 Å². The molecule has 1 aliphatic rings. The van der Waals surface area contributed by atoms with Crippen molar-refractivity contribution in [3.63, 3.8) is 0 Å². The first-order valence-corrected chi connectivity index (χ1v) is 4.45. The Hall–Kier alpha value is -0.880. The van der Waals surface area contributed by atoms with Gasteiger partial charge in [0.25, 0.3) is 0 Å². The summed E-state index contributed by atoms with van der Waals surface area (Å²) in [6, 6.07) is 0. The van der Waals surface area contributed by atoms with Crippen LogP contribution in [0, 0.1) is 5.92 Å². The summed E-state index contributed by atoms with van der Waals surface area (Å²) in [7, 11) is 0. The maximum Gasteiger partial charge on any atom is 0.315 e. The van der Waals surface area contributed by atoms with Crippen LogP contribution < -0.4 is 10.6 Å². The third-order valence-electron chi connectivity index (χ3n) is 1.73. The monoisotopic (exact) mass is 204 g/mol. The van der Waals surface area contributed by atoms with Gasteiger partial charge in [-0.3, -0.25) is 4.79 Å². The molecule has 0 aliphatic carbocycles. The van der Waals surface area contributed by atoms with E-state index < -0.39 is 18.1 Å². The minimum absolute atomic E-state index is 0.311. The van der Waals surface area contributed by atoms with E-state index in [4.69, 9.17) is 17.0 Å². The van der Waals surface area contributed by atoms with Crippen molar-refractivity contribution >= 4 is 23.3 Å². The van der Waals surface area contributed by atoms with Crippen LogP contribution in [0.4, 0.5) is 0 Å². The van der Waals surface area contributed by atoms with Crippen molar-refractivity contribution in [2.75, 3.05) is 13.2 Å². The second kappa shape index (κ2) is 4.38. The quantitative estimate of drug-likeness (QED) is 0.394. The lowest BCUT2D eigenvalue weighted by atomic mass is 10.1. The molecule has 1 fully saturated rings. The average molecular weight is 204 g/mol. The fourth-order valence-electron chi connectivity index (χ4n) is 1.06. The second-order valence-electron chi connectivity index (χ2n) is 2.66. The van der Waals surface area contributed by atoms with Crippen LogP contribution in [0.1, 0.15) is 6.92 Å². The van der Waals surface area contributed by atoms with Gasteiger partial charge in [-0.15, -0.1) is 0 Å². The molecule has 2 atom stereocenters. The number of hydrogen-bond donors (Lipinski definition) is 3. The number of esters is 1. The molecule has 0 radical (unpaired) electrons. The smallest absolute Gasteiger partial charge is 0.315 e. The molecular formula is C7H12N2O3S. The van der Waals surface area contributed by atoms with Gasteiger partial charge in [-0.25, -0.2) is 0 Å². The molecule has 1 aliphatic heterocycles. The maximum atomic E-state index is 11.2. The molecule has 1 rings (SSSR count). The Morgan fingerprint density at radius 2 is 2.54 bits per heavy atom. The van der Waals surface area contributed by atoms with Crippen molar-refractivity contribution in [3.05, 3.63) is 0 Å². The van der Waals surface area contributed by atoms with E-state index in [1.165, 1.54) is 0 Å². The van der Waals surface area contributed by atoms with Gasteiger partial charge in [0, 0.05) is 6.54 Å². The molecule has 0 spiro atoms. The fraction of sp³-hybridized carbons (Fsp3) is 0.714. The topological polar surface area (TPSA) is 70.6 Å². The van der Waals surface area contributed by atoms with E-state index in [-0.39, 0.29) is 0 Å². The van der Waals surface area contributed by atoms with Crippen molar-refractivity contribution in [1.82, 2.24) is 10.6 Å². The van der Waals surface area contributed by atoms with E-state index in [0.717, 1.165) is 0 Å². The molecule has 1 saturated heterocycles. The minimum Gasteiger partial charge on any atom is -0.466 e. The standard InChI is InChI=1S/C7H12N2O3S/c1-2-12-6(11)4-3-8-7(13)9-5(4)10/h4-5,10H,2-3H2,1H3,(H2,8,9,13). The number of aliphatic hydroxyl groups excluding tert-OH is 1. The third-order valence-corrected chi connectivity index (χ3v) is 1.99. The number of aliphatic hydroxyl groups is 1. The second-order valence-corrected chi connectivity index (χ2v) is 3.07. The van der Waals surface area contributed by atoms with Gasteiger partial charge in [-0.1, -0.05) is 0 Å². The van der Waals surface area contributed by atoms with Crippen LogP contribution in [-0.2, 0) is 9.53 Å². The summed E-state index contributed by atoms with van der Waals surface area (Å²) in [4.78, 5) is 11.2. The fourth-order valence-corrected chi connectivity index (χ4v) is 1.27. The molecule has 74 valence electrons. The lowest BCUT2D eigenvalue weighted by Crippen LogP contribution is -2.57. The number of hydrogen-bond acceptors (Lipinski definition) is 4. The van der Waals surface area contributed by atoms with Crippen LogP contribution in [0.15, 0.2) is 0 Å². The lowest BCUT2D eigenvalue weighted by molar-refractivity contribution is -0.152. The van der Waals surface area contributed by atoms with Crippen LogP contribution in [0.2, 0.25) is 0 Å². The summed E-state index contributed by atoms with van der Waals surface area (Å²) in [5.74, 6) is -1.01. The maximum absolute atomic E-state index is 11.2. The summed E-state index contributed by atoms with van der Waals surface area (Å²) >= 11 is 4.75. The zero-order valence-electron chi connectivity index (χ0n) is 7.24. The molecule has 0 aromatic heterocycles. The Morgan fingerprint density at radius 1 is 1.85 bits per heavy atom. The first-order chi connectivity index (χ1) is 6.15. The van der Waals surface area contributed by atoms with Crippen molar-refractivity contribution in [2.24, 2.45) is 5.92 Å². The first kappa shape index (κ1) is 10.2. The summed E-state index contributed by atoms with van der Waals surface area (Å²) in [5.41, 5.74) is 0.